The standard InChI is InChI=1S/C14H16ClN3O/c1-16-6-8-17(9-7-16)14(19)18-5-4-11-2-3-12(15)10-13(11)18/h2-5,10H,6-9H2,1H3. The highest BCUT2D eigenvalue weighted by atomic mass is 35.5. The van der Waals surface area contributed by atoms with Gasteiger partial charge in [-0.1, -0.05) is 17.7 Å². The van der Waals surface area contributed by atoms with E-state index < -0.39 is 0 Å². The predicted molar refractivity (Wildman–Crippen MR) is 76.8 cm³/mol. The minimum absolute atomic E-state index is 0.0327. The van der Waals surface area contributed by atoms with Crippen molar-refractivity contribution in [3.8, 4) is 0 Å². The van der Waals surface area contributed by atoms with Gasteiger partial charge in [0.2, 0.25) is 0 Å². The molecule has 19 heavy (non-hydrogen) atoms. The fourth-order valence-electron chi connectivity index (χ4n) is 2.42. The lowest BCUT2D eigenvalue weighted by Gasteiger charge is -2.32. The number of piperazine rings is 1. The third-order valence-electron chi connectivity index (χ3n) is 3.64. The smallest absolute Gasteiger partial charge is 0.321 e. The van der Waals surface area contributed by atoms with Crippen LogP contribution in [0.4, 0.5) is 4.79 Å². The van der Waals surface area contributed by atoms with Crippen LogP contribution >= 0.6 is 11.6 Å². The monoisotopic (exact) mass is 277 g/mol. The molecule has 0 spiro atoms. The van der Waals surface area contributed by atoms with Gasteiger partial charge in [-0.3, -0.25) is 4.57 Å². The average Bonchev–Trinajstić information content (AvgIpc) is 2.81. The summed E-state index contributed by atoms with van der Waals surface area (Å²) in [5.41, 5.74) is 0.872. The quantitative estimate of drug-likeness (QED) is 0.740. The Morgan fingerprint density at radius 3 is 2.63 bits per heavy atom. The molecule has 2 heterocycles. The summed E-state index contributed by atoms with van der Waals surface area (Å²) in [6, 6.07) is 7.59. The van der Waals surface area contributed by atoms with E-state index in [0.29, 0.717) is 5.02 Å². The Morgan fingerprint density at radius 2 is 1.89 bits per heavy atom. The van der Waals surface area contributed by atoms with Crippen molar-refractivity contribution in [2.45, 2.75) is 0 Å². The number of halogens is 1. The van der Waals surface area contributed by atoms with Crippen LogP contribution in [0.2, 0.25) is 5.02 Å². The minimum Gasteiger partial charge on any atom is -0.321 e. The summed E-state index contributed by atoms with van der Waals surface area (Å²) in [7, 11) is 2.08. The summed E-state index contributed by atoms with van der Waals surface area (Å²) in [4.78, 5) is 16.6. The topological polar surface area (TPSA) is 28.5 Å². The van der Waals surface area contributed by atoms with Crippen LogP contribution in [-0.2, 0) is 0 Å². The molecule has 1 aliphatic rings. The Balaban J connectivity index is 1.91. The molecule has 100 valence electrons. The van der Waals surface area contributed by atoms with Crippen LogP contribution < -0.4 is 0 Å². The highest BCUT2D eigenvalue weighted by Crippen LogP contribution is 2.21. The largest absolute Gasteiger partial charge is 0.328 e. The first-order valence-corrected chi connectivity index (χ1v) is 6.77. The van der Waals surface area contributed by atoms with Gasteiger partial charge in [-0.15, -0.1) is 0 Å². The average molecular weight is 278 g/mol. The molecular weight excluding hydrogens is 262 g/mol. The second kappa shape index (κ2) is 4.87. The van der Waals surface area contributed by atoms with Gasteiger partial charge in [-0.25, -0.2) is 4.79 Å². The molecule has 0 atom stereocenters. The number of hydrogen-bond donors (Lipinski definition) is 0. The number of hydrogen-bond acceptors (Lipinski definition) is 2. The number of likely N-dealkylation sites (N-methyl/N-ethyl adjacent to an activating group) is 1. The van der Waals surface area contributed by atoms with Gasteiger partial charge in [-0.2, -0.15) is 0 Å². The number of benzene rings is 1. The summed E-state index contributed by atoms with van der Waals surface area (Å²) in [5.74, 6) is 0. The summed E-state index contributed by atoms with van der Waals surface area (Å²) < 4.78 is 1.69. The molecule has 3 rings (SSSR count). The first-order chi connectivity index (χ1) is 9.15. The van der Waals surface area contributed by atoms with Crippen LogP contribution in [0.15, 0.2) is 30.5 Å². The van der Waals surface area contributed by atoms with E-state index in [4.69, 9.17) is 11.6 Å². The Bertz CT molecular complexity index is 614. The zero-order valence-electron chi connectivity index (χ0n) is 10.8. The molecule has 0 radical (unpaired) electrons. The first kappa shape index (κ1) is 12.5. The molecule has 0 aliphatic carbocycles. The SMILES string of the molecule is CN1CCN(C(=O)n2ccc3ccc(Cl)cc32)CC1. The zero-order valence-corrected chi connectivity index (χ0v) is 11.6. The van der Waals surface area contributed by atoms with Gasteiger partial charge in [0.1, 0.15) is 0 Å². The van der Waals surface area contributed by atoms with E-state index in [0.717, 1.165) is 37.1 Å². The van der Waals surface area contributed by atoms with Gasteiger partial charge >= 0.3 is 6.03 Å². The lowest BCUT2D eigenvalue weighted by atomic mass is 10.2. The van der Waals surface area contributed by atoms with Crippen LogP contribution in [0.3, 0.4) is 0 Å². The number of aromatic nitrogens is 1. The zero-order chi connectivity index (χ0) is 13.4. The van der Waals surface area contributed by atoms with Gasteiger partial charge in [0.15, 0.2) is 0 Å². The summed E-state index contributed by atoms with van der Waals surface area (Å²) in [6.45, 7) is 3.39. The lowest BCUT2D eigenvalue weighted by Crippen LogP contribution is -2.48. The first-order valence-electron chi connectivity index (χ1n) is 6.39. The fourth-order valence-corrected chi connectivity index (χ4v) is 2.58. The number of nitrogens with zero attached hydrogens (tertiary/aromatic N) is 3. The van der Waals surface area contributed by atoms with Crippen molar-refractivity contribution >= 4 is 28.5 Å². The van der Waals surface area contributed by atoms with Crippen LogP contribution in [0, 0.1) is 0 Å². The van der Waals surface area contributed by atoms with E-state index in [1.807, 2.05) is 35.4 Å². The van der Waals surface area contributed by atoms with Crippen molar-refractivity contribution < 1.29 is 4.79 Å². The third kappa shape index (κ3) is 2.33. The molecule has 2 aromatic rings. The minimum atomic E-state index is 0.0327. The van der Waals surface area contributed by atoms with Crippen molar-refractivity contribution in [3.63, 3.8) is 0 Å². The van der Waals surface area contributed by atoms with Crippen LogP contribution in [0.1, 0.15) is 0 Å². The summed E-state index contributed by atoms with van der Waals surface area (Å²) >= 11 is 6.01. The molecule has 4 nitrogen and oxygen atoms in total. The summed E-state index contributed by atoms with van der Waals surface area (Å²) in [5, 5.41) is 1.69. The van der Waals surface area contributed by atoms with E-state index in [-0.39, 0.29) is 6.03 Å². The number of carbonyl (C=O) groups is 1. The summed E-state index contributed by atoms with van der Waals surface area (Å²) in [6.07, 6.45) is 1.82. The van der Waals surface area contributed by atoms with Crippen molar-refractivity contribution in [3.05, 3.63) is 35.5 Å². The molecule has 0 unspecified atom stereocenters. The van der Waals surface area contributed by atoms with E-state index >= 15 is 0 Å². The number of amides is 1. The molecule has 5 heteroatoms. The fraction of sp³-hybridized carbons (Fsp3) is 0.357. The maximum absolute atomic E-state index is 12.5. The molecular formula is C14H16ClN3O. The van der Waals surface area contributed by atoms with Crippen molar-refractivity contribution in [1.82, 2.24) is 14.4 Å². The number of fused-ring (bicyclic) bond motifs is 1. The van der Waals surface area contributed by atoms with Crippen LogP contribution in [0.25, 0.3) is 10.9 Å². The van der Waals surface area contributed by atoms with Crippen molar-refractivity contribution in [1.29, 1.82) is 0 Å². The molecule has 1 amide bonds. The maximum atomic E-state index is 12.5. The van der Waals surface area contributed by atoms with Gasteiger partial charge in [0.25, 0.3) is 0 Å². The molecule has 1 saturated heterocycles. The van der Waals surface area contributed by atoms with Gasteiger partial charge in [-0.05, 0) is 25.2 Å². The molecule has 1 aromatic carbocycles. The lowest BCUT2D eigenvalue weighted by molar-refractivity contribution is 0.156. The normalized spacial score (nSPS) is 17.1. The number of rotatable bonds is 0. The van der Waals surface area contributed by atoms with E-state index in [1.165, 1.54) is 0 Å². The molecule has 1 aromatic heterocycles. The Kier molecular flexibility index (Phi) is 3.21. The highest BCUT2D eigenvalue weighted by molar-refractivity contribution is 6.31. The molecule has 0 saturated carbocycles. The van der Waals surface area contributed by atoms with Gasteiger partial charge < -0.3 is 9.80 Å². The number of carbonyl (C=O) groups excluding carboxylic acids is 1. The maximum Gasteiger partial charge on any atom is 0.328 e. The second-order valence-corrected chi connectivity index (χ2v) is 5.40. The third-order valence-corrected chi connectivity index (χ3v) is 3.87. The molecule has 0 bridgehead atoms. The molecule has 1 aliphatic heterocycles. The second-order valence-electron chi connectivity index (χ2n) is 4.96. The van der Waals surface area contributed by atoms with Crippen molar-refractivity contribution in [2.24, 2.45) is 0 Å². The predicted octanol–water partition coefficient (Wildman–Crippen LogP) is 2.51. The van der Waals surface area contributed by atoms with Gasteiger partial charge in [0.05, 0.1) is 5.52 Å². The molecule has 0 N–H and O–H groups in total. The highest BCUT2D eigenvalue weighted by Gasteiger charge is 2.21. The van der Waals surface area contributed by atoms with Crippen molar-refractivity contribution in [2.75, 3.05) is 33.2 Å². The molecule has 1 fully saturated rings. The van der Waals surface area contributed by atoms with Crippen LogP contribution in [0.5, 0.6) is 0 Å². The Hall–Kier alpha value is -1.52. The van der Waals surface area contributed by atoms with Crippen LogP contribution in [-0.4, -0.2) is 53.6 Å². The van der Waals surface area contributed by atoms with E-state index in [9.17, 15) is 4.79 Å². The van der Waals surface area contributed by atoms with E-state index in [2.05, 4.69) is 11.9 Å². The van der Waals surface area contributed by atoms with Gasteiger partial charge in [0, 0.05) is 42.8 Å². The Morgan fingerprint density at radius 1 is 1.16 bits per heavy atom. The Labute approximate surface area is 117 Å². The van der Waals surface area contributed by atoms with E-state index in [1.54, 1.807) is 4.57 Å².